The molecule has 1 aromatic heterocycles. The van der Waals surface area contributed by atoms with Crippen LogP contribution in [0.1, 0.15) is 37.1 Å². The lowest BCUT2D eigenvalue weighted by atomic mass is 10.1. The second-order valence-corrected chi connectivity index (χ2v) is 7.68. The summed E-state index contributed by atoms with van der Waals surface area (Å²) in [6.07, 6.45) is 4.63. The summed E-state index contributed by atoms with van der Waals surface area (Å²) in [5, 5.41) is 10.4. The minimum atomic E-state index is -0.188. The predicted molar refractivity (Wildman–Crippen MR) is 104 cm³/mol. The molecule has 4 rings (SSSR count). The summed E-state index contributed by atoms with van der Waals surface area (Å²) in [5.74, 6) is 2.26. The van der Waals surface area contributed by atoms with Gasteiger partial charge in [0.2, 0.25) is 0 Å². The van der Waals surface area contributed by atoms with Crippen molar-refractivity contribution >= 4 is 6.03 Å². The molecular weight excluding hydrogens is 358 g/mol. The molecule has 2 aromatic rings. The van der Waals surface area contributed by atoms with Gasteiger partial charge in [0.1, 0.15) is 11.6 Å². The van der Waals surface area contributed by atoms with Crippen LogP contribution in [0.5, 0.6) is 5.75 Å². The lowest BCUT2D eigenvalue weighted by Crippen LogP contribution is -2.42. The summed E-state index contributed by atoms with van der Waals surface area (Å²) >= 11 is 0. The highest BCUT2D eigenvalue weighted by Gasteiger charge is 2.26. The van der Waals surface area contributed by atoms with Crippen LogP contribution in [-0.2, 0) is 26.1 Å². The molecule has 1 aromatic carbocycles. The van der Waals surface area contributed by atoms with E-state index >= 15 is 0 Å². The van der Waals surface area contributed by atoms with Crippen molar-refractivity contribution in [3.8, 4) is 5.75 Å². The van der Waals surface area contributed by atoms with E-state index in [1.807, 2.05) is 24.3 Å². The van der Waals surface area contributed by atoms with Gasteiger partial charge in [-0.25, -0.2) is 14.3 Å². The molecule has 0 radical (unpaired) electrons. The predicted octanol–water partition coefficient (Wildman–Crippen LogP) is 1.67. The first-order valence-corrected chi connectivity index (χ1v) is 9.96. The Morgan fingerprint density at radius 2 is 2.00 bits per heavy atom. The van der Waals surface area contributed by atoms with Gasteiger partial charge in [-0.2, -0.15) is 5.10 Å². The van der Waals surface area contributed by atoms with Gasteiger partial charge in [0.25, 0.3) is 0 Å². The third kappa shape index (κ3) is 4.37. The number of rotatable bonds is 6. The first-order chi connectivity index (χ1) is 13.6. The molecule has 150 valence electrons. The number of nitrogens with zero attached hydrogens (tertiary/aromatic N) is 3. The Morgan fingerprint density at radius 3 is 2.71 bits per heavy atom. The molecule has 0 bridgehead atoms. The molecule has 1 fully saturated rings. The Balaban J connectivity index is 1.27. The second-order valence-electron chi connectivity index (χ2n) is 7.68. The minimum Gasteiger partial charge on any atom is -0.497 e. The fraction of sp³-hybridized carbons (Fsp3) is 0.550. The summed E-state index contributed by atoms with van der Waals surface area (Å²) in [4.78, 5) is 24.8. The zero-order valence-corrected chi connectivity index (χ0v) is 16.2. The van der Waals surface area contributed by atoms with Gasteiger partial charge in [-0.15, -0.1) is 0 Å². The van der Waals surface area contributed by atoms with Gasteiger partial charge in [-0.1, -0.05) is 12.1 Å². The number of fused-ring (bicyclic) bond motifs is 1. The Hall–Kier alpha value is -2.77. The molecule has 8 nitrogen and oxygen atoms in total. The maximum Gasteiger partial charge on any atom is 0.345 e. The number of urea groups is 1. The van der Waals surface area contributed by atoms with Crippen molar-refractivity contribution in [2.45, 2.75) is 57.8 Å². The quantitative estimate of drug-likeness (QED) is 0.791. The Kier molecular flexibility index (Phi) is 5.36. The van der Waals surface area contributed by atoms with E-state index in [-0.39, 0.29) is 17.8 Å². The maximum atomic E-state index is 12.5. The molecule has 0 spiro atoms. The normalized spacial score (nSPS) is 18.8. The number of methoxy groups -OCH3 is 1. The molecule has 1 aliphatic carbocycles. The number of benzene rings is 1. The van der Waals surface area contributed by atoms with E-state index in [1.165, 1.54) is 12.8 Å². The highest BCUT2D eigenvalue weighted by molar-refractivity contribution is 5.74. The van der Waals surface area contributed by atoms with Crippen LogP contribution in [0.3, 0.4) is 0 Å². The fourth-order valence-corrected chi connectivity index (χ4v) is 3.60. The molecule has 8 heteroatoms. The standard InChI is InChI=1S/C20H27N5O3/c1-28-17-7-4-14(5-8-17)12-21-19(26)22-16-6-9-18-23-25(13-15-2-3-15)20(27)24(18)11-10-16/h4-5,7-8,15-16H,2-3,6,9-13H2,1H3,(H2,21,22,26). The summed E-state index contributed by atoms with van der Waals surface area (Å²) in [6.45, 7) is 1.80. The van der Waals surface area contributed by atoms with Crippen molar-refractivity contribution in [1.82, 2.24) is 25.0 Å². The summed E-state index contributed by atoms with van der Waals surface area (Å²) in [7, 11) is 1.63. The van der Waals surface area contributed by atoms with Gasteiger partial charge in [0, 0.05) is 32.1 Å². The van der Waals surface area contributed by atoms with Crippen LogP contribution in [0.15, 0.2) is 29.1 Å². The molecule has 1 unspecified atom stereocenters. The summed E-state index contributed by atoms with van der Waals surface area (Å²) < 4.78 is 8.54. The highest BCUT2D eigenvalue weighted by atomic mass is 16.5. The van der Waals surface area contributed by atoms with Gasteiger partial charge in [0.15, 0.2) is 0 Å². The van der Waals surface area contributed by atoms with Crippen LogP contribution in [-0.4, -0.2) is 33.5 Å². The van der Waals surface area contributed by atoms with Gasteiger partial charge >= 0.3 is 11.7 Å². The average molecular weight is 385 g/mol. The number of hydrogen-bond acceptors (Lipinski definition) is 4. The van der Waals surface area contributed by atoms with E-state index in [0.29, 0.717) is 25.4 Å². The van der Waals surface area contributed by atoms with Gasteiger partial charge in [-0.05, 0) is 49.3 Å². The number of amides is 2. The zero-order valence-electron chi connectivity index (χ0n) is 16.2. The lowest BCUT2D eigenvalue weighted by molar-refractivity contribution is 0.235. The van der Waals surface area contributed by atoms with Crippen LogP contribution in [0.4, 0.5) is 4.79 Å². The van der Waals surface area contributed by atoms with E-state index < -0.39 is 0 Å². The molecule has 2 amide bonds. The van der Waals surface area contributed by atoms with E-state index in [1.54, 1.807) is 16.4 Å². The number of ether oxygens (including phenoxy) is 1. The SMILES string of the molecule is COc1ccc(CNC(=O)NC2CCc3nn(CC4CC4)c(=O)n3CC2)cc1. The van der Waals surface area contributed by atoms with E-state index in [4.69, 9.17) is 4.74 Å². The van der Waals surface area contributed by atoms with Crippen LogP contribution >= 0.6 is 0 Å². The van der Waals surface area contributed by atoms with E-state index in [0.717, 1.165) is 36.5 Å². The number of carbonyl (C=O) groups excluding carboxylic acids is 1. The Bertz CT molecular complexity index is 882. The first-order valence-electron chi connectivity index (χ1n) is 9.96. The van der Waals surface area contributed by atoms with E-state index in [9.17, 15) is 9.59 Å². The largest absolute Gasteiger partial charge is 0.497 e. The monoisotopic (exact) mass is 385 g/mol. The van der Waals surface area contributed by atoms with Gasteiger partial charge in [0.05, 0.1) is 7.11 Å². The zero-order chi connectivity index (χ0) is 19.5. The molecule has 0 saturated heterocycles. The van der Waals surface area contributed by atoms with E-state index in [2.05, 4.69) is 15.7 Å². The molecule has 28 heavy (non-hydrogen) atoms. The smallest absolute Gasteiger partial charge is 0.345 e. The van der Waals surface area contributed by atoms with Crippen LogP contribution in [0.25, 0.3) is 0 Å². The molecule has 2 aliphatic rings. The topological polar surface area (TPSA) is 90.2 Å². The fourth-order valence-electron chi connectivity index (χ4n) is 3.60. The van der Waals surface area contributed by atoms with Crippen molar-refractivity contribution in [2.75, 3.05) is 7.11 Å². The first kappa shape index (κ1) is 18.6. The van der Waals surface area contributed by atoms with Crippen molar-refractivity contribution in [1.29, 1.82) is 0 Å². The summed E-state index contributed by atoms with van der Waals surface area (Å²) in [5.41, 5.74) is 1.000. The van der Waals surface area contributed by atoms with Crippen molar-refractivity contribution in [3.05, 3.63) is 46.1 Å². The average Bonchev–Trinajstić information content (AvgIpc) is 3.50. The molecule has 1 saturated carbocycles. The molecule has 1 atom stereocenters. The second kappa shape index (κ2) is 8.08. The Labute approximate surface area is 163 Å². The highest BCUT2D eigenvalue weighted by Crippen LogP contribution is 2.30. The van der Waals surface area contributed by atoms with Gasteiger partial charge < -0.3 is 15.4 Å². The summed E-state index contributed by atoms with van der Waals surface area (Å²) in [6, 6.07) is 7.45. The van der Waals surface area contributed by atoms with Crippen molar-refractivity contribution in [2.24, 2.45) is 5.92 Å². The van der Waals surface area contributed by atoms with Crippen LogP contribution in [0, 0.1) is 5.92 Å². The Morgan fingerprint density at radius 1 is 1.21 bits per heavy atom. The van der Waals surface area contributed by atoms with Crippen LogP contribution in [0.2, 0.25) is 0 Å². The number of carbonyl (C=O) groups is 1. The van der Waals surface area contributed by atoms with Gasteiger partial charge in [-0.3, -0.25) is 4.57 Å². The molecule has 2 N–H and O–H groups in total. The number of aryl methyl sites for hydroxylation is 1. The van der Waals surface area contributed by atoms with Crippen molar-refractivity contribution in [3.63, 3.8) is 0 Å². The number of nitrogens with one attached hydrogen (secondary N) is 2. The third-order valence-corrected chi connectivity index (χ3v) is 5.49. The maximum absolute atomic E-state index is 12.5. The molecular formula is C20H27N5O3. The van der Waals surface area contributed by atoms with Crippen molar-refractivity contribution < 1.29 is 9.53 Å². The molecule has 2 heterocycles. The minimum absolute atomic E-state index is 0.00786. The molecule has 1 aliphatic heterocycles. The number of aromatic nitrogens is 3. The lowest BCUT2D eigenvalue weighted by Gasteiger charge is -2.16. The van der Waals surface area contributed by atoms with Crippen LogP contribution < -0.4 is 21.1 Å². The third-order valence-electron chi connectivity index (χ3n) is 5.49. The number of hydrogen-bond donors (Lipinski definition) is 2.